The number of carbonyl (C=O) groups excluding carboxylic acids is 1. The van der Waals surface area contributed by atoms with Crippen molar-refractivity contribution in [3.63, 3.8) is 0 Å². The maximum Gasteiger partial charge on any atom is 0.317 e. The first-order valence-corrected chi connectivity index (χ1v) is 8.35. The summed E-state index contributed by atoms with van der Waals surface area (Å²) in [5.41, 5.74) is 3.28. The van der Waals surface area contributed by atoms with Crippen LogP contribution in [0, 0.1) is 6.92 Å². The molecule has 2 amide bonds. The summed E-state index contributed by atoms with van der Waals surface area (Å²) < 4.78 is 4.86. The van der Waals surface area contributed by atoms with E-state index in [2.05, 4.69) is 46.6 Å². The van der Waals surface area contributed by atoms with Gasteiger partial charge in [-0.3, -0.25) is 4.90 Å². The van der Waals surface area contributed by atoms with E-state index in [1.54, 1.807) is 6.26 Å². The molecule has 2 heterocycles. The number of urea groups is 1. The number of nitrogens with one attached hydrogen (secondary N) is 1. The number of aromatic nitrogens is 1. The number of carbonyl (C=O) groups is 1. The van der Waals surface area contributed by atoms with Crippen molar-refractivity contribution < 1.29 is 9.32 Å². The van der Waals surface area contributed by atoms with Crippen LogP contribution in [0.5, 0.6) is 0 Å². The molecule has 6 nitrogen and oxygen atoms in total. The molecule has 3 rings (SSSR count). The Hall–Kier alpha value is -2.34. The molecule has 1 unspecified atom stereocenters. The highest BCUT2D eigenvalue weighted by Gasteiger charge is 2.22. The molecule has 1 saturated heterocycles. The van der Waals surface area contributed by atoms with Gasteiger partial charge in [0.1, 0.15) is 6.26 Å². The molecule has 1 aromatic heterocycles. The van der Waals surface area contributed by atoms with Crippen LogP contribution in [0.1, 0.15) is 29.8 Å². The molecule has 1 atom stereocenters. The Bertz CT molecular complexity index is 646. The Balaban J connectivity index is 1.47. The largest absolute Gasteiger partial charge is 0.364 e. The molecule has 1 aliphatic rings. The van der Waals surface area contributed by atoms with E-state index in [4.69, 9.17) is 4.52 Å². The lowest BCUT2D eigenvalue weighted by Gasteiger charge is -2.34. The molecule has 0 bridgehead atoms. The molecular formula is C18H24N4O2. The van der Waals surface area contributed by atoms with Gasteiger partial charge in [-0.2, -0.15) is 0 Å². The number of piperazine rings is 1. The minimum atomic E-state index is 0.00385. The smallest absolute Gasteiger partial charge is 0.317 e. The number of amides is 2. The summed E-state index contributed by atoms with van der Waals surface area (Å²) in [5, 5.41) is 7.02. The normalized spacial score (nSPS) is 16.8. The minimum Gasteiger partial charge on any atom is -0.364 e. The first-order chi connectivity index (χ1) is 11.6. The van der Waals surface area contributed by atoms with Crippen LogP contribution in [-0.2, 0) is 6.54 Å². The zero-order valence-corrected chi connectivity index (χ0v) is 14.2. The first kappa shape index (κ1) is 16.5. The van der Waals surface area contributed by atoms with Crippen LogP contribution in [0.25, 0.3) is 0 Å². The van der Waals surface area contributed by atoms with Gasteiger partial charge in [-0.05, 0) is 19.4 Å². The molecule has 0 spiro atoms. The molecule has 0 saturated carbocycles. The fraction of sp³-hybridized carbons (Fsp3) is 0.444. The molecule has 128 valence electrons. The second-order valence-electron chi connectivity index (χ2n) is 6.34. The molecule has 24 heavy (non-hydrogen) atoms. The van der Waals surface area contributed by atoms with Gasteiger partial charge in [-0.1, -0.05) is 35.0 Å². The third-order valence-electron chi connectivity index (χ3n) is 4.45. The Morgan fingerprint density at radius 2 is 1.92 bits per heavy atom. The minimum absolute atomic E-state index is 0.00385. The predicted molar refractivity (Wildman–Crippen MR) is 91.5 cm³/mol. The lowest BCUT2D eigenvalue weighted by molar-refractivity contribution is 0.132. The van der Waals surface area contributed by atoms with Crippen molar-refractivity contribution in [1.29, 1.82) is 0 Å². The fourth-order valence-electron chi connectivity index (χ4n) is 2.87. The van der Waals surface area contributed by atoms with Crippen molar-refractivity contribution in [3.05, 3.63) is 53.4 Å². The molecule has 0 radical (unpaired) electrons. The Morgan fingerprint density at radius 3 is 2.54 bits per heavy atom. The van der Waals surface area contributed by atoms with Crippen molar-refractivity contribution >= 4 is 6.03 Å². The van der Waals surface area contributed by atoms with Gasteiger partial charge in [0.15, 0.2) is 0 Å². The number of hydrogen-bond donors (Lipinski definition) is 1. The molecule has 2 aromatic rings. The second-order valence-corrected chi connectivity index (χ2v) is 6.34. The summed E-state index contributed by atoms with van der Waals surface area (Å²) in [6.07, 6.45) is 1.59. The van der Waals surface area contributed by atoms with Crippen LogP contribution in [0.15, 0.2) is 41.1 Å². The maximum atomic E-state index is 12.4. The van der Waals surface area contributed by atoms with Crippen LogP contribution in [0.3, 0.4) is 0 Å². The van der Waals surface area contributed by atoms with E-state index in [1.807, 2.05) is 17.9 Å². The second kappa shape index (κ2) is 7.49. The van der Waals surface area contributed by atoms with Gasteiger partial charge in [0, 0.05) is 38.8 Å². The standard InChI is InChI=1S/C18H24N4O2/c1-14-3-5-16(6-4-14)15(2)19-18(23)22-10-8-21(9-11-22)13-17-7-12-24-20-17/h3-7,12,15H,8-11,13H2,1-2H3,(H,19,23). The van der Waals surface area contributed by atoms with E-state index in [0.717, 1.165) is 44.0 Å². The lowest BCUT2D eigenvalue weighted by atomic mass is 10.1. The number of hydrogen-bond acceptors (Lipinski definition) is 4. The molecule has 1 fully saturated rings. The monoisotopic (exact) mass is 328 g/mol. The van der Waals surface area contributed by atoms with E-state index in [0.29, 0.717) is 0 Å². The van der Waals surface area contributed by atoms with Crippen LogP contribution in [0.2, 0.25) is 0 Å². The first-order valence-electron chi connectivity index (χ1n) is 8.35. The van der Waals surface area contributed by atoms with Gasteiger partial charge in [-0.15, -0.1) is 0 Å². The van der Waals surface area contributed by atoms with Gasteiger partial charge in [0.25, 0.3) is 0 Å². The molecule has 1 N–H and O–H groups in total. The van der Waals surface area contributed by atoms with Gasteiger partial charge in [-0.25, -0.2) is 4.79 Å². The highest BCUT2D eigenvalue weighted by Crippen LogP contribution is 2.14. The highest BCUT2D eigenvalue weighted by molar-refractivity contribution is 5.74. The summed E-state index contributed by atoms with van der Waals surface area (Å²) in [6, 6.07) is 10.2. The van der Waals surface area contributed by atoms with Gasteiger partial charge in [0.05, 0.1) is 11.7 Å². The van der Waals surface area contributed by atoms with Crippen LogP contribution in [-0.4, -0.2) is 47.2 Å². The Kier molecular flexibility index (Phi) is 5.15. The summed E-state index contributed by atoms with van der Waals surface area (Å²) in [5.74, 6) is 0. The zero-order chi connectivity index (χ0) is 16.9. The van der Waals surface area contributed by atoms with Gasteiger partial charge < -0.3 is 14.7 Å². The molecule has 0 aliphatic carbocycles. The molecule has 1 aliphatic heterocycles. The van der Waals surface area contributed by atoms with E-state index in [9.17, 15) is 4.79 Å². The van der Waals surface area contributed by atoms with Crippen molar-refractivity contribution in [2.45, 2.75) is 26.4 Å². The number of aryl methyl sites for hydroxylation is 1. The third-order valence-corrected chi connectivity index (χ3v) is 4.45. The van der Waals surface area contributed by atoms with E-state index < -0.39 is 0 Å². The van der Waals surface area contributed by atoms with Crippen LogP contribution < -0.4 is 5.32 Å². The summed E-state index contributed by atoms with van der Waals surface area (Å²) >= 11 is 0. The van der Waals surface area contributed by atoms with E-state index in [-0.39, 0.29) is 12.1 Å². The van der Waals surface area contributed by atoms with Gasteiger partial charge >= 0.3 is 6.03 Å². The maximum absolute atomic E-state index is 12.4. The highest BCUT2D eigenvalue weighted by atomic mass is 16.5. The average Bonchev–Trinajstić information content (AvgIpc) is 3.09. The van der Waals surface area contributed by atoms with Crippen molar-refractivity contribution in [1.82, 2.24) is 20.3 Å². The zero-order valence-electron chi connectivity index (χ0n) is 14.2. The quantitative estimate of drug-likeness (QED) is 0.937. The average molecular weight is 328 g/mol. The number of benzene rings is 1. The summed E-state index contributed by atoms with van der Waals surface area (Å²) in [4.78, 5) is 16.6. The van der Waals surface area contributed by atoms with E-state index in [1.165, 1.54) is 5.56 Å². The van der Waals surface area contributed by atoms with E-state index >= 15 is 0 Å². The SMILES string of the molecule is Cc1ccc(C(C)NC(=O)N2CCN(Cc3ccon3)CC2)cc1. The topological polar surface area (TPSA) is 61.6 Å². The Labute approximate surface area is 142 Å². The lowest BCUT2D eigenvalue weighted by Crippen LogP contribution is -2.51. The molecule has 6 heteroatoms. The summed E-state index contributed by atoms with van der Waals surface area (Å²) in [6.45, 7) is 7.99. The van der Waals surface area contributed by atoms with Crippen molar-refractivity contribution in [2.75, 3.05) is 26.2 Å². The fourth-order valence-corrected chi connectivity index (χ4v) is 2.87. The number of rotatable bonds is 4. The van der Waals surface area contributed by atoms with Crippen LogP contribution in [0.4, 0.5) is 4.79 Å². The van der Waals surface area contributed by atoms with Crippen LogP contribution >= 0.6 is 0 Å². The Morgan fingerprint density at radius 1 is 1.21 bits per heavy atom. The summed E-state index contributed by atoms with van der Waals surface area (Å²) in [7, 11) is 0. The molecular weight excluding hydrogens is 304 g/mol. The predicted octanol–water partition coefficient (Wildman–Crippen LogP) is 2.57. The molecule has 1 aromatic carbocycles. The number of nitrogens with zero attached hydrogens (tertiary/aromatic N) is 3. The third kappa shape index (κ3) is 4.14. The van der Waals surface area contributed by atoms with Crippen molar-refractivity contribution in [2.24, 2.45) is 0 Å². The van der Waals surface area contributed by atoms with Gasteiger partial charge in [0.2, 0.25) is 0 Å². The van der Waals surface area contributed by atoms with Crippen molar-refractivity contribution in [3.8, 4) is 0 Å².